The van der Waals surface area contributed by atoms with Crippen molar-refractivity contribution in [2.45, 2.75) is 13.8 Å². The van der Waals surface area contributed by atoms with E-state index in [-0.39, 0.29) is 35.1 Å². The number of anilines is 1. The third-order valence-electron chi connectivity index (χ3n) is 6.60. The van der Waals surface area contributed by atoms with E-state index in [0.717, 1.165) is 69.0 Å². The molecule has 4 heterocycles. The zero-order valence-corrected chi connectivity index (χ0v) is 21.9. The number of rotatable bonds is 6. The molecule has 0 aliphatic carbocycles. The van der Waals surface area contributed by atoms with Crippen molar-refractivity contribution in [1.82, 2.24) is 25.3 Å². The summed E-state index contributed by atoms with van der Waals surface area (Å²) in [6, 6.07) is 14.8. The number of hydrogen-bond donors (Lipinski definition) is 2. The Labute approximate surface area is 251 Å². The van der Waals surface area contributed by atoms with Gasteiger partial charge in [-0.3, -0.25) is 0 Å². The van der Waals surface area contributed by atoms with E-state index in [4.69, 9.17) is 29.8 Å². The monoisotopic (exact) mass is 550 g/mol. The fourth-order valence-electron chi connectivity index (χ4n) is 4.66. The first-order valence-electron chi connectivity index (χ1n) is 12.5. The first kappa shape index (κ1) is 27.4. The van der Waals surface area contributed by atoms with Crippen LogP contribution in [-0.2, 0) is 0 Å². The van der Waals surface area contributed by atoms with Crippen molar-refractivity contribution in [2.24, 2.45) is 0 Å². The van der Waals surface area contributed by atoms with Crippen LogP contribution in [-0.4, -0.2) is 93.4 Å². The molecule has 2 aromatic carbocycles. The van der Waals surface area contributed by atoms with Crippen molar-refractivity contribution in [3.05, 3.63) is 59.8 Å². The first-order chi connectivity index (χ1) is 18.5. The minimum atomic E-state index is -0.935. The molecule has 3 aromatic heterocycles. The summed E-state index contributed by atoms with van der Waals surface area (Å²) in [4.78, 5) is 33.7. The van der Waals surface area contributed by atoms with Crippen LogP contribution in [0.5, 0.6) is 5.88 Å². The van der Waals surface area contributed by atoms with Crippen LogP contribution in [0.2, 0.25) is 0 Å². The summed E-state index contributed by atoms with van der Waals surface area (Å²) in [6.07, 6.45) is 0. The number of ether oxygens (including phenoxy) is 1. The number of aromatic nitrogens is 4. The molecule has 0 amide bonds. The number of carbonyl (C=O) groups is 1. The molecule has 9 nitrogen and oxygen atoms in total. The fraction of sp³-hybridized carbons (Fsp3) is 0.250. The summed E-state index contributed by atoms with van der Waals surface area (Å²) in [5.74, 6) is 0.976. The molecule has 0 unspecified atom stereocenters. The Morgan fingerprint density at radius 3 is 2.26 bits per heavy atom. The van der Waals surface area contributed by atoms with Crippen molar-refractivity contribution in [1.29, 1.82) is 0 Å². The van der Waals surface area contributed by atoms with Gasteiger partial charge in [-0.1, -0.05) is 36.4 Å². The second kappa shape index (κ2) is 11.5. The Balaban J connectivity index is 0.00000308. The standard InChI is InChI=1S/C28H26N6O3S.Na.H/c1-3-37-25-23-22(31-28(33-25)34-14-12-29-13-15-34)21-16(2)30-24(32-26(21)38-23)19-8-4-17(5-9-19)18-6-10-20(11-7-18)27(35)36;;/h4-11,29H,3,12-15H2,1-2H3,(H,35,36);;. The maximum absolute atomic E-state index is 11.1. The average Bonchev–Trinajstić information content (AvgIpc) is 3.33. The fourth-order valence-corrected chi connectivity index (χ4v) is 5.76. The summed E-state index contributed by atoms with van der Waals surface area (Å²) in [5, 5.41) is 13.4. The van der Waals surface area contributed by atoms with E-state index in [0.29, 0.717) is 24.3 Å². The summed E-state index contributed by atoms with van der Waals surface area (Å²) >= 11 is 1.53. The quantitative estimate of drug-likeness (QED) is 0.301. The van der Waals surface area contributed by atoms with Gasteiger partial charge in [-0.05, 0) is 37.1 Å². The molecule has 0 saturated carbocycles. The van der Waals surface area contributed by atoms with E-state index in [9.17, 15) is 4.79 Å². The molecule has 0 atom stereocenters. The molecule has 1 aliphatic heterocycles. The molecule has 0 spiro atoms. The van der Waals surface area contributed by atoms with Crippen LogP contribution in [0.4, 0.5) is 5.95 Å². The molecule has 5 aromatic rings. The Bertz CT molecular complexity index is 1650. The number of benzene rings is 2. The van der Waals surface area contributed by atoms with Gasteiger partial charge in [-0.15, -0.1) is 11.3 Å². The predicted molar refractivity (Wildman–Crippen MR) is 156 cm³/mol. The van der Waals surface area contributed by atoms with Crippen molar-refractivity contribution < 1.29 is 14.6 Å². The van der Waals surface area contributed by atoms with Crippen molar-refractivity contribution in [2.75, 3.05) is 37.7 Å². The zero-order chi connectivity index (χ0) is 26.2. The third kappa shape index (κ3) is 5.35. The molecular weight excluding hydrogens is 523 g/mol. The number of aryl methyl sites for hydroxylation is 1. The van der Waals surface area contributed by atoms with E-state index in [1.54, 1.807) is 12.1 Å². The van der Waals surface area contributed by atoms with E-state index in [1.807, 2.05) is 50.2 Å². The second-order valence-electron chi connectivity index (χ2n) is 9.05. The van der Waals surface area contributed by atoms with Crippen LogP contribution in [0.1, 0.15) is 23.0 Å². The zero-order valence-electron chi connectivity index (χ0n) is 21.1. The molecular formula is C28H27N6NaO3S. The van der Waals surface area contributed by atoms with Gasteiger partial charge in [0.1, 0.15) is 15.0 Å². The van der Waals surface area contributed by atoms with Crippen LogP contribution in [0.25, 0.3) is 42.9 Å². The summed E-state index contributed by atoms with van der Waals surface area (Å²) < 4.78 is 6.83. The molecule has 0 radical (unpaired) electrons. The van der Waals surface area contributed by atoms with Gasteiger partial charge in [0.2, 0.25) is 11.8 Å². The number of carboxylic acid groups (broad SMARTS) is 1. The number of carboxylic acids is 1. The van der Waals surface area contributed by atoms with Gasteiger partial charge in [0.15, 0.2) is 5.82 Å². The van der Waals surface area contributed by atoms with Gasteiger partial charge in [0.25, 0.3) is 0 Å². The minimum absolute atomic E-state index is 0. The van der Waals surface area contributed by atoms with Crippen LogP contribution in [0.15, 0.2) is 48.5 Å². The van der Waals surface area contributed by atoms with Crippen molar-refractivity contribution in [3.63, 3.8) is 0 Å². The number of nitrogens with zero attached hydrogens (tertiary/aromatic N) is 5. The number of nitrogens with one attached hydrogen (secondary N) is 1. The molecule has 1 saturated heterocycles. The Hall–Kier alpha value is -3.15. The third-order valence-corrected chi connectivity index (χ3v) is 7.66. The summed E-state index contributed by atoms with van der Waals surface area (Å²) in [6.45, 7) is 7.95. The number of hydrogen-bond acceptors (Lipinski definition) is 9. The van der Waals surface area contributed by atoms with Crippen molar-refractivity contribution in [3.8, 4) is 28.4 Å². The number of fused-ring (bicyclic) bond motifs is 3. The van der Waals surface area contributed by atoms with E-state index in [1.165, 1.54) is 11.3 Å². The van der Waals surface area contributed by atoms with E-state index >= 15 is 0 Å². The van der Waals surface area contributed by atoms with Crippen LogP contribution < -0.4 is 15.0 Å². The molecule has 1 fully saturated rings. The maximum atomic E-state index is 11.1. The first-order valence-corrected chi connectivity index (χ1v) is 13.3. The number of piperazine rings is 1. The Morgan fingerprint density at radius 1 is 0.974 bits per heavy atom. The number of aromatic carboxylic acids is 1. The number of thiophene rings is 1. The molecule has 11 heteroatoms. The van der Waals surface area contributed by atoms with Gasteiger partial charge in [-0.2, -0.15) is 4.98 Å². The Kier molecular flexibility index (Phi) is 8.11. The Morgan fingerprint density at radius 2 is 1.62 bits per heavy atom. The SMILES string of the molecule is CCOc1nc(N2CCNCC2)nc2c1sc1nc(-c3ccc(-c4ccc(C(=O)O)cc4)cc3)nc(C)c12.[NaH]. The molecule has 194 valence electrons. The second-order valence-corrected chi connectivity index (χ2v) is 10.1. The summed E-state index contributed by atoms with van der Waals surface area (Å²) in [5.41, 5.74) is 4.79. The van der Waals surface area contributed by atoms with Gasteiger partial charge in [0, 0.05) is 31.7 Å². The summed E-state index contributed by atoms with van der Waals surface area (Å²) in [7, 11) is 0. The molecule has 39 heavy (non-hydrogen) atoms. The predicted octanol–water partition coefficient (Wildman–Crippen LogP) is 4.13. The average molecular weight is 551 g/mol. The van der Waals surface area contributed by atoms with E-state index in [2.05, 4.69) is 10.2 Å². The molecule has 2 N–H and O–H groups in total. The molecule has 6 rings (SSSR count). The van der Waals surface area contributed by atoms with Crippen molar-refractivity contribution >= 4 is 73.2 Å². The van der Waals surface area contributed by atoms with Gasteiger partial charge in [0.05, 0.1) is 23.3 Å². The van der Waals surface area contributed by atoms with Gasteiger partial charge >= 0.3 is 35.5 Å². The van der Waals surface area contributed by atoms with Gasteiger partial charge < -0.3 is 20.1 Å². The van der Waals surface area contributed by atoms with Crippen LogP contribution >= 0.6 is 11.3 Å². The normalized spacial score (nSPS) is 13.4. The van der Waals surface area contributed by atoms with Gasteiger partial charge in [-0.25, -0.2) is 19.7 Å². The molecule has 1 aliphatic rings. The van der Waals surface area contributed by atoms with E-state index < -0.39 is 5.97 Å². The van der Waals surface area contributed by atoms with Crippen LogP contribution in [0, 0.1) is 6.92 Å². The van der Waals surface area contributed by atoms with Crippen LogP contribution in [0.3, 0.4) is 0 Å². The topological polar surface area (TPSA) is 113 Å². The molecule has 0 bridgehead atoms.